The van der Waals surface area contributed by atoms with Crippen LogP contribution < -0.4 is 21.7 Å². The molecule has 0 spiro atoms. The Bertz CT molecular complexity index is 1470. The first-order chi connectivity index (χ1) is 16.7. The van der Waals surface area contributed by atoms with Gasteiger partial charge in [-0.25, -0.2) is 18.4 Å². The molecule has 1 aliphatic carbocycles. The summed E-state index contributed by atoms with van der Waals surface area (Å²) in [6, 6.07) is 5.02. The van der Waals surface area contributed by atoms with Crippen LogP contribution in [0.2, 0.25) is 0 Å². The number of fused-ring (bicyclic) bond motifs is 1. The SMILES string of the molecule is CCCn1c(=O)n(CC)c(=O)c2c1nc(NC1CCCCC1)n2Cc1ccc(S(N)(=O)=O)c(Br)c1. The topological polar surface area (TPSA) is 134 Å². The van der Waals surface area contributed by atoms with Gasteiger partial charge < -0.3 is 5.32 Å². The first-order valence-electron chi connectivity index (χ1n) is 12.0. The van der Waals surface area contributed by atoms with Gasteiger partial charge in [0.05, 0.1) is 11.4 Å². The van der Waals surface area contributed by atoms with Crippen LogP contribution in [0.1, 0.15) is 57.9 Å². The molecule has 0 radical (unpaired) electrons. The van der Waals surface area contributed by atoms with E-state index in [4.69, 9.17) is 10.1 Å². The highest BCUT2D eigenvalue weighted by molar-refractivity contribution is 9.10. The lowest BCUT2D eigenvalue weighted by Crippen LogP contribution is -2.40. The maximum Gasteiger partial charge on any atom is 0.332 e. The normalized spacial score (nSPS) is 15.1. The van der Waals surface area contributed by atoms with E-state index >= 15 is 0 Å². The fourth-order valence-electron chi connectivity index (χ4n) is 4.74. The summed E-state index contributed by atoms with van der Waals surface area (Å²) in [7, 11) is -3.88. The average molecular weight is 568 g/mol. The third kappa shape index (κ3) is 5.10. The van der Waals surface area contributed by atoms with Gasteiger partial charge in [0.25, 0.3) is 5.56 Å². The molecule has 3 aromatic rings. The molecule has 2 aromatic heterocycles. The Labute approximate surface area is 212 Å². The van der Waals surface area contributed by atoms with Crippen LogP contribution in [-0.2, 0) is 29.7 Å². The fourth-order valence-corrected chi connectivity index (χ4v) is 6.44. The minimum atomic E-state index is -3.88. The number of nitrogens with zero attached hydrogens (tertiary/aromatic N) is 4. The molecule has 35 heavy (non-hydrogen) atoms. The van der Waals surface area contributed by atoms with Crippen molar-refractivity contribution < 1.29 is 8.42 Å². The van der Waals surface area contributed by atoms with Gasteiger partial charge in [0.1, 0.15) is 0 Å². The van der Waals surface area contributed by atoms with Crippen LogP contribution in [-0.4, -0.2) is 33.1 Å². The number of hydrogen-bond acceptors (Lipinski definition) is 6. The van der Waals surface area contributed by atoms with Gasteiger partial charge in [-0.05, 0) is 59.8 Å². The molecule has 0 unspecified atom stereocenters. The predicted octanol–water partition coefficient (Wildman–Crippen LogP) is 2.99. The van der Waals surface area contributed by atoms with Crippen LogP contribution in [0.15, 0.2) is 37.2 Å². The molecule has 0 saturated heterocycles. The molecular formula is C23H31BrN6O4S. The Hall–Kier alpha value is -2.44. The van der Waals surface area contributed by atoms with Crippen molar-refractivity contribution in [2.45, 2.75) is 82.9 Å². The van der Waals surface area contributed by atoms with Crippen LogP contribution in [0.5, 0.6) is 0 Å². The van der Waals surface area contributed by atoms with Crippen LogP contribution in [0.25, 0.3) is 11.2 Å². The number of imidazole rings is 1. The molecule has 10 nitrogen and oxygen atoms in total. The zero-order valence-electron chi connectivity index (χ0n) is 20.0. The molecule has 12 heteroatoms. The highest BCUT2D eigenvalue weighted by atomic mass is 79.9. The van der Waals surface area contributed by atoms with E-state index < -0.39 is 10.0 Å². The number of nitrogens with one attached hydrogen (secondary N) is 1. The average Bonchev–Trinajstić information content (AvgIpc) is 3.14. The van der Waals surface area contributed by atoms with E-state index in [1.807, 2.05) is 11.5 Å². The number of aryl methyl sites for hydroxylation is 1. The van der Waals surface area contributed by atoms with E-state index in [2.05, 4.69) is 21.2 Å². The molecule has 1 aromatic carbocycles. The Morgan fingerprint density at radius 1 is 1.11 bits per heavy atom. The van der Waals surface area contributed by atoms with Crippen molar-refractivity contribution in [3.63, 3.8) is 0 Å². The Morgan fingerprint density at radius 2 is 1.83 bits per heavy atom. The predicted molar refractivity (Wildman–Crippen MR) is 139 cm³/mol. The van der Waals surface area contributed by atoms with E-state index in [0.29, 0.717) is 28.1 Å². The lowest BCUT2D eigenvalue weighted by atomic mass is 9.96. The fraction of sp³-hybridized carbons (Fsp3) is 0.522. The molecule has 2 heterocycles. The number of anilines is 1. The second-order valence-electron chi connectivity index (χ2n) is 8.97. The van der Waals surface area contributed by atoms with Gasteiger partial charge in [0.15, 0.2) is 11.2 Å². The highest BCUT2D eigenvalue weighted by Crippen LogP contribution is 2.27. The Morgan fingerprint density at radius 3 is 2.43 bits per heavy atom. The second kappa shape index (κ2) is 10.3. The lowest BCUT2D eigenvalue weighted by Gasteiger charge is -2.23. The number of primary sulfonamides is 1. The third-order valence-electron chi connectivity index (χ3n) is 6.46. The Balaban J connectivity index is 1.91. The monoisotopic (exact) mass is 566 g/mol. The van der Waals surface area contributed by atoms with E-state index in [9.17, 15) is 18.0 Å². The molecule has 1 aliphatic rings. The second-order valence-corrected chi connectivity index (χ2v) is 11.4. The summed E-state index contributed by atoms with van der Waals surface area (Å²) in [4.78, 5) is 31.3. The number of hydrogen-bond donors (Lipinski definition) is 2. The molecule has 3 N–H and O–H groups in total. The first kappa shape index (κ1) is 25.6. The summed E-state index contributed by atoms with van der Waals surface area (Å²) >= 11 is 3.30. The minimum Gasteiger partial charge on any atom is -0.353 e. The van der Waals surface area contributed by atoms with Gasteiger partial charge in [-0.15, -0.1) is 0 Å². The standard InChI is InChI=1S/C23H31BrN6O4S/c1-3-12-29-20-19(21(31)28(4-2)23(29)32)30(22(27-20)26-16-8-6-5-7-9-16)14-15-10-11-18(17(24)13-15)35(25,33)34/h10-11,13,16H,3-9,12,14H2,1-2H3,(H,26,27)(H2,25,33,34). The maximum atomic E-state index is 13.5. The molecule has 1 fully saturated rings. The zero-order chi connectivity index (χ0) is 25.3. The van der Waals surface area contributed by atoms with Crippen molar-refractivity contribution in [3.05, 3.63) is 49.1 Å². The summed E-state index contributed by atoms with van der Waals surface area (Å²) in [5.74, 6) is 0.536. The minimum absolute atomic E-state index is 0.0117. The van der Waals surface area contributed by atoms with E-state index in [1.54, 1.807) is 23.6 Å². The van der Waals surface area contributed by atoms with Crippen molar-refractivity contribution in [2.75, 3.05) is 5.32 Å². The quantitative estimate of drug-likeness (QED) is 0.430. The molecule has 0 aliphatic heterocycles. The molecule has 0 bridgehead atoms. The zero-order valence-corrected chi connectivity index (χ0v) is 22.4. The van der Waals surface area contributed by atoms with Crippen molar-refractivity contribution in [1.29, 1.82) is 0 Å². The van der Waals surface area contributed by atoms with E-state index in [-0.39, 0.29) is 35.3 Å². The van der Waals surface area contributed by atoms with Crippen LogP contribution in [0.3, 0.4) is 0 Å². The van der Waals surface area contributed by atoms with Crippen molar-refractivity contribution in [3.8, 4) is 0 Å². The maximum absolute atomic E-state index is 13.5. The summed E-state index contributed by atoms with van der Waals surface area (Å²) in [6.07, 6.45) is 6.21. The number of halogens is 1. The lowest BCUT2D eigenvalue weighted by molar-refractivity contribution is 0.459. The molecule has 1 saturated carbocycles. The van der Waals surface area contributed by atoms with Gasteiger partial charge in [0.2, 0.25) is 16.0 Å². The molecule has 190 valence electrons. The summed E-state index contributed by atoms with van der Waals surface area (Å²) < 4.78 is 28.6. The first-order valence-corrected chi connectivity index (χ1v) is 14.3. The molecule has 4 rings (SSSR count). The number of rotatable bonds is 8. The summed E-state index contributed by atoms with van der Waals surface area (Å²) in [5, 5.41) is 8.82. The van der Waals surface area contributed by atoms with Crippen LogP contribution >= 0.6 is 15.9 Å². The summed E-state index contributed by atoms with van der Waals surface area (Å²) in [5.41, 5.74) is 0.728. The van der Waals surface area contributed by atoms with Crippen LogP contribution in [0, 0.1) is 0 Å². The van der Waals surface area contributed by atoms with Crippen LogP contribution in [0.4, 0.5) is 5.95 Å². The smallest absolute Gasteiger partial charge is 0.332 e. The van der Waals surface area contributed by atoms with Gasteiger partial charge in [0, 0.05) is 23.6 Å². The summed E-state index contributed by atoms with van der Waals surface area (Å²) in [6.45, 7) is 4.71. The van der Waals surface area contributed by atoms with E-state index in [0.717, 1.165) is 37.7 Å². The van der Waals surface area contributed by atoms with Gasteiger partial charge in [-0.1, -0.05) is 32.3 Å². The van der Waals surface area contributed by atoms with Gasteiger partial charge >= 0.3 is 5.69 Å². The number of aromatic nitrogens is 4. The molecule has 0 amide bonds. The number of nitrogens with two attached hydrogens (primary N) is 1. The number of sulfonamides is 1. The molecular weight excluding hydrogens is 536 g/mol. The van der Waals surface area contributed by atoms with Gasteiger partial charge in [-0.2, -0.15) is 4.98 Å². The van der Waals surface area contributed by atoms with Gasteiger partial charge in [-0.3, -0.25) is 18.5 Å². The van der Waals surface area contributed by atoms with Crippen molar-refractivity contribution in [2.24, 2.45) is 5.14 Å². The van der Waals surface area contributed by atoms with Crippen molar-refractivity contribution in [1.82, 2.24) is 18.7 Å². The van der Waals surface area contributed by atoms with E-state index in [1.165, 1.54) is 17.1 Å². The largest absolute Gasteiger partial charge is 0.353 e. The van der Waals surface area contributed by atoms with Crippen molar-refractivity contribution >= 4 is 43.1 Å². The molecule has 0 atom stereocenters. The third-order valence-corrected chi connectivity index (χ3v) is 8.35. The number of benzene rings is 1. The highest BCUT2D eigenvalue weighted by Gasteiger charge is 2.24. The Kier molecular flexibility index (Phi) is 7.53.